The number of anilines is 1. The van der Waals surface area contributed by atoms with E-state index in [1.807, 2.05) is 6.92 Å². The van der Waals surface area contributed by atoms with Crippen molar-refractivity contribution in [2.24, 2.45) is 0 Å². The minimum atomic E-state index is 0.359. The third-order valence-electron chi connectivity index (χ3n) is 2.79. The third kappa shape index (κ3) is 4.05. The fourth-order valence-electron chi connectivity index (χ4n) is 1.68. The maximum atomic E-state index is 11.2. The zero-order valence-electron chi connectivity index (χ0n) is 10.5. The molecule has 0 radical (unpaired) electrons. The Balaban J connectivity index is 2.40. The van der Waals surface area contributed by atoms with Gasteiger partial charge in [0.15, 0.2) is 0 Å². The molecule has 2 heteroatoms. The molecule has 1 aromatic carbocycles. The summed E-state index contributed by atoms with van der Waals surface area (Å²) in [5, 5.41) is 0. The molecule has 0 aliphatic carbocycles. The minimum absolute atomic E-state index is 0.359. The third-order valence-corrected chi connectivity index (χ3v) is 2.79. The molecule has 0 heterocycles. The van der Waals surface area contributed by atoms with Gasteiger partial charge in [-0.2, -0.15) is 0 Å². The Hall–Kier alpha value is -1.31. The molecule has 0 atom stereocenters. The molecule has 0 N–H and O–H groups in total. The summed E-state index contributed by atoms with van der Waals surface area (Å²) in [6.45, 7) is 4.96. The van der Waals surface area contributed by atoms with Gasteiger partial charge >= 0.3 is 0 Å². The summed E-state index contributed by atoms with van der Waals surface area (Å²) in [7, 11) is 2.07. The molecule has 0 aliphatic heterocycles. The number of hydrogen-bond acceptors (Lipinski definition) is 2. The van der Waals surface area contributed by atoms with Crippen molar-refractivity contribution in [1.29, 1.82) is 0 Å². The van der Waals surface area contributed by atoms with Gasteiger partial charge in [0.2, 0.25) is 0 Å². The Morgan fingerprint density at radius 2 is 2.12 bits per heavy atom. The standard InChI is InChI=1S/C14H21NO/c1-4-14(16)9-6-10-15(3)13-8-5-7-12(2)11-13/h5,7-8,11H,4,6,9-10H2,1-3H3. The largest absolute Gasteiger partial charge is 0.375 e. The van der Waals surface area contributed by atoms with Gasteiger partial charge in [-0.05, 0) is 31.0 Å². The van der Waals surface area contributed by atoms with E-state index in [1.54, 1.807) is 0 Å². The molecule has 0 aromatic heterocycles. The molecule has 88 valence electrons. The molecule has 1 rings (SSSR count). The van der Waals surface area contributed by atoms with Crippen molar-refractivity contribution < 1.29 is 4.79 Å². The van der Waals surface area contributed by atoms with E-state index in [0.29, 0.717) is 18.6 Å². The van der Waals surface area contributed by atoms with Gasteiger partial charge in [0.25, 0.3) is 0 Å². The van der Waals surface area contributed by atoms with Crippen LogP contribution in [0.1, 0.15) is 31.7 Å². The highest BCUT2D eigenvalue weighted by atomic mass is 16.1. The van der Waals surface area contributed by atoms with Crippen LogP contribution >= 0.6 is 0 Å². The molecular weight excluding hydrogens is 198 g/mol. The van der Waals surface area contributed by atoms with Gasteiger partial charge in [-0.15, -0.1) is 0 Å². The molecule has 1 aromatic rings. The summed E-state index contributed by atoms with van der Waals surface area (Å²) in [6.07, 6.45) is 2.30. The van der Waals surface area contributed by atoms with Crippen LogP contribution in [0, 0.1) is 6.92 Å². The topological polar surface area (TPSA) is 20.3 Å². The number of aryl methyl sites for hydroxylation is 1. The maximum absolute atomic E-state index is 11.2. The number of carbonyl (C=O) groups is 1. The van der Waals surface area contributed by atoms with Gasteiger partial charge in [-0.3, -0.25) is 4.79 Å². The molecule has 0 fully saturated rings. The van der Waals surface area contributed by atoms with Crippen molar-refractivity contribution in [2.75, 3.05) is 18.5 Å². The lowest BCUT2D eigenvalue weighted by Gasteiger charge is -2.19. The van der Waals surface area contributed by atoms with Gasteiger partial charge in [0, 0.05) is 32.1 Å². The highest BCUT2D eigenvalue weighted by Crippen LogP contribution is 2.14. The Morgan fingerprint density at radius 3 is 2.75 bits per heavy atom. The summed E-state index contributed by atoms with van der Waals surface area (Å²) < 4.78 is 0. The lowest BCUT2D eigenvalue weighted by atomic mass is 10.1. The molecular formula is C14H21NO. The predicted octanol–water partition coefficient (Wildman–Crippen LogP) is 3.19. The molecule has 0 saturated heterocycles. The Labute approximate surface area is 98.3 Å². The van der Waals surface area contributed by atoms with E-state index in [2.05, 4.69) is 43.1 Å². The molecule has 0 bridgehead atoms. The van der Waals surface area contributed by atoms with Crippen LogP contribution in [0.4, 0.5) is 5.69 Å². The van der Waals surface area contributed by atoms with Crippen molar-refractivity contribution in [3.63, 3.8) is 0 Å². The zero-order valence-corrected chi connectivity index (χ0v) is 10.5. The fourth-order valence-corrected chi connectivity index (χ4v) is 1.68. The smallest absolute Gasteiger partial charge is 0.132 e. The van der Waals surface area contributed by atoms with E-state index in [4.69, 9.17) is 0 Å². The van der Waals surface area contributed by atoms with Gasteiger partial charge in [-0.1, -0.05) is 19.1 Å². The Bertz CT molecular complexity index is 346. The zero-order chi connectivity index (χ0) is 12.0. The van der Waals surface area contributed by atoms with E-state index in [-0.39, 0.29) is 0 Å². The van der Waals surface area contributed by atoms with E-state index >= 15 is 0 Å². The van der Waals surface area contributed by atoms with Crippen LogP contribution in [0.25, 0.3) is 0 Å². The Kier molecular flexibility index (Phi) is 5.03. The van der Waals surface area contributed by atoms with Crippen LogP contribution in [0.3, 0.4) is 0 Å². The summed E-state index contributed by atoms with van der Waals surface area (Å²) in [5.74, 6) is 0.359. The summed E-state index contributed by atoms with van der Waals surface area (Å²) in [5.41, 5.74) is 2.50. The maximum Gasteiger partial charge on any atom is 0.132 e. The monoisotopic (exact) mass is 219 g/mol. The van der Waals surface area contributed by atoms with Crippen LogP contribution in [-0.4, -0.2) is 19.4 Å². The normalized spacial score (nSPS) is 10.2. The summed E-state index contributed by atoms with van der Waals surface area (Å²) in [6, 6.07) is 8.44. The number of nitrogens with zero attached hydrogens (tertiary/aromatic N) is 1. The first-order valence-corrected chi connectivity index (χ1v) is 5.93. The second-order valence-electron chi connectivity index (χ2n) is 4.26. The summed E-state index contributed by atoms with van der Waals surface area (Å²) in [4.78, 5) is 13.4. The van der Waals surface area contributed by atoms with Gasteiger partial charge in [0.1, 0.15) is 5.78 Å². The summed E-state index contributed by atoms with van der Waals surface area (Å²) >= 11 is 0. The van der Waals surface area contributed by atoms with E-state index in [9.17, 15) is 4.79 Å². The highest BCUT2D eigenvalue weighted by Gasteiger charge is 2.02. The predicted molar refractivity (Wildman–Crippen MR) is 69.0 cm³/mol. The number of benzene rings is 1. The average molecular weight is 219 g/mol. The van der Waals surface area contributed by atoms with Crippen molar-refractivity contribution in [3.8, 4) is 0 Å². The van der Waals surface area contributed by atoms with Gasteiger partial charge < -0.3 is 4.90 Å². The molecule has 16 heavy (non-hydrogen) atoms. The Morgan fingerprint density at radius 1 is 1.38 bits per heavy atom. The average Bonchev–Trinajstić information content (AvgIpc) is 2.28. The number of carbonyl (C=O) groups excluding carboxylic acids is 1. The van der Waals surface area contributed by atoms with Gasteiger partial charge in [-0.25, -0.2) is 0 Å². The molecule has 0 saturated carbocycles. The minimum Gasteiger partial charge on any atom is -0.375 e. The highest BCUT2D eigenvalue weighted by molar-refractivity contribution is 5.77. The van der Waals surface area contributed by atoms with Crippen LogP contribution < -0.4 is 4.90 Å². The van der Waals surface area contributed by atoms with Crippen molar-refractivity contribution in [3.05, 3.63) is 29.8 Å². The number of hydrogen-bond donors (Lipinski definition) is 0. The quantitative estimate of drug-likeness (QED) is 0.732. The van der Waals surface area contributed by atoms with E-state index in [1.165, 1.54) is 11.3 Å². The number of ketones is 1. The molecule has 2 nitrogen and oxygen atoms in total. The molecule has 0 spiro atoms. The fraction of sp³-hybridized carbons (Fsp3) is 0.500. The second-order valence-corrected chi connectivity index (χ2v) is 4.26. The van der Waals surface area contributed by atoms with Crippen LogP contribution in [-0.2, 0) is 4.79 Å². The first kappa shape index (κ1) is 12.8. The SMILES string of the molecule is CCC(=O)CCCN(C)c1cccc(C)c1. The first-order valence-electron chi connectivity index (χ1n) is 5.93. The van der Waals surface area contributed by atoms with Crippen LogP contribution in [0.5, 0.6) is 0 Å². The number of Topliss-reactive ketones (excluding diaryl/α,β-unsaturated/α-hetero) is 1. The van der Waals surface area contributed by atoms with Crippen LogP contribution in [0.2, 0.25) is 0 Å². The van der Waals surface area contributed by atoms with E-state index in [0.717, 1.165) is 13.0 Å². The molecule has 0 aliphatic rings. The first-order chi connectivity index (χ1) is 7.63. The van der Waals surface area contributed by atoms with Crippen molar-refractivity contribution >= 4 is 11.5 Å². The van der Waals surface area contributed by atoms with Crippen LogP contribution in [0.15, 0.2) is 24.3 Å². The lowest BCUT2D eigenvalue weighted by molar-refractivity contribution is -0.118. The van der Waals surface area contributed by atoms with Crippen molar-refractivity contribution in [1.82, 2.24) is 0 Å². The molecule has 0 unspecified atom stereocenters. The second kappa shape index (κ2) is 6.31. The van der Waals surface area contributed by atoms with E-state index < -0.39 is 0 Å². The van der Waals surface area contributed by atoms with Gasteiger partial charge in [0.05, 0.1) is 0 Å². The molecule has 0 amide bonds. The van der Waals surface area contributed by atoms with Crippen molar-refractivity contribution in [2.45, 2.75) is 33.1 Å². The number of rotatable bonds is 6. The lowest BCUT2D eigenvalue weighted by Crippen LogP contribution is -2.19.